The van der Waals surface area contributed by atoms with Crippen LogP contribution in [0.3, 0.4) is 0 Å². The highest BCUT2D eigenvalue weighted by Crippen LogP contribution is 2.34. The van der Waals surface area contributed by atoms with Gasteiger partial charge in [0.15, 0.2) is 0 Å². The van der Waals surface area contributed by atoms with Gasteiger partial charge in [0, 0.05) is 37.8 Å². The van der Waals surface area contributed by atoms with E-state index < -0.39 is 0 Å². The molecule has 2 heterocycles. The Morgan fingerprint density at radius 2 is 1.60 bits per heavy atom. The first-order chi connectivity index (χ1) is 14.4. The van der Waals surface area contributed by atoms with Crippen molar-refractivity contribution in [1.82, 2.24) is 9.88 Å². The van der Waals surface area contributed by atoms with E-state index >= 15 is 0 Å². The zero-order valence-corrected chi connectivity index (χ0v) is 18.8. The lowest BCUT2D eigenvalue weighted by atomic mass is 10.0. The molecule has 0 aliphatic carbocycles. The highest BCUT2D eigenvalue weighted by Gasteiger charge is 2.32. The van der Waals surface area contributed by atoms with Crippen LogP contribution in [-0.4, -0.2) is 35.0 Å². The molecule has 0 saturated carbocycles. The molecule has 0 amide bonds. The molecule has 0 bridgehead atoms. The summed E-state index contributed by atoms with van der Waals surface area (Å²) in [5.74, 6) is 0.344. The number of likely N-dealkylation sites (tertiary alicyclic amines) is 1. The number of aromatic nitrogens is 1. The first-order valence-corrected chi connectivity index (χ1v) is 11.3. The molecule has 1 aliphatic rings. The van der Waals surface area contributed by atoms with Crippen LogP contribution in [-0.2, 0) is 9.53 Å². The van der Waals surface area contributed by atoms with Crippen molar-refractivity contribution in [3.05, 3.63) is 65.9 Å². The number of rotatable bonds is 6. The maximum Gasteiger partial charge on any atom is 0.302 e. The van der Waals surface area contributed by atoms with Crippen LogP contribution in [0.15, 0.2) is 54.7 Å². The molecule has 0 radical (unpaired) electrons. The third kappa shape index (κ3) is 4.47. The maximum atomic E-state index is 11.1. The van der Waals surface area contributed by atoms with E-state index in [1.54, 1.807) is 11.3 Å². The average Bonchev–Trinajstić information content (AvgIpc) is 3.20. The fraction of sp³-hybridized carbons (Fsp3) is 0.360. The zero-order valence-electron chi connectivity index (χ0n) is 18.0. The Balaban J connectivity index is 1.42. The van der Waals surface area contributed by atoms with Gasteiger partial charge in [0.25, 0.3) is 0 Å². The van der Waals surface area contributed by atoms with E-state index in [1.807, 2.05) is 6.20 Å². The van der Waals surface area contributed by atoms with Gasteiger partial charge in [-0.3, -0.25) is 9.69 Å². The Labute approximate surface area is 182 Å². The summed E-state index contributed by atoms with van der Waals surface area (Å²) < 4.78 is 5.25. The van der Waals surface area contributed by atoms with Gasteiger partial charge in [0.2, 0.25) is 0 Å². The molecular weight excluding hydrogens is 392 g/mol. The van der Waals surface area contributed by atoms with E-state index in [2.05, 4.69) is 79.2 Å². The maximum absolute atomic E-state index is 11.1. The monoisotopic (exact) mass is 420 g/mol. The quantitative estimate of drug-likeness (QED) is 0.465. The summed E-state index contributed by atoms with van der Waals surface area (Å²) in [6.45, 7) is 9.69. The molecular formula is C25H28N2O2S. The molecule has 5 heteroatoms. The third-order valence-electron chi connectivity index (χ3n) is 5.76. The standard InChI is InChI=1S/C25H28N2O2S/c1-16(2)19-5-9-21(10-6-19)24-13-26-25(30-24)22-11-7-20(8-12-22)17(3)27-14-23(15-27)29-18(4)28/h5-13,16-17,23H,14-15H2,1-4H3. The molecule has 1 atom stereocenters. The lowest BCUT2D eigenvalue weighted by Crippen LogP contribution is -2.53. The zero-order chi connectivity index (χ0) is 21.3. The van der Waals surface area contributed by atoms with Gasteiger partial charge in [0.05, 0.1) is 4.88 Å². The smallest absolute Gasteiger partial charge is 0.302 e. The highest BCUT2D eigenvalue weighted by atomic mass is 32.1. The van der Waals surface area contributed by atoms with Crippen molar-refractivity contribution in [3.8, 4) is 21.0 Å². The second-order valence-electron chi connectivity index (χ2n) is 8.29. The van der Waals surface area contributed by atoms with Gasteiger partial charge in [0.1, 0.15) is 11.1 Å². The van der Waals surface area contributed by atoms with Crippen molar-refractivity contribution in [3.63, 3.8) is 0 Å². The Hall–Kier alpha value is -2.50. The summed E-state index contributed by atoms with van der Waals surface area (Å²) in [5.41, 5.74) is 4.98. The Kier molecular flexibility index (Phi) is 6.02. The molecule has 0 N–H and O–H groups in total. The van der Waals surface area contributed by atoms with Gasteiger partial charge in [-0.1, -0.05) is 62.4 Å². The molecule has 1 aliphatic heterocycles. The van der Waals surface area contributed by atoms with Crippen LogP contribution in [0.5, 0.6) is 0 Å². The normalized spacial score (nSPS) is 15.8. The number of benzene rings is 2. The summed E-state index contributed by atoms with van der Waals surface area (Å²) in [6, 6.07) is 17.8. The van der Waals surface area contributed by atoms with Crippen LogP contribution in [0.1, 0.15) is 50.8 Å². The molecule has 1 aromatic heterocycles. The average molecular weight is 421 g/mol. The number of esters is 1. The van der Waals surface area contributed by atoms with Crippen LogP contribution < -0.4 is 0 Å². The number of thiazole rings is 1. The van der Waals surface area contributed by atoms with Crippen LogP contribution in [0.25, 0.3) is 21.0 Å². The number of hydrogen-bond donors (Lipinski definition) is 0. The predicted molar refractivity (Wildman–Crippen MR) is 123 cm³/mol. The Morgan fingerprint density at radius 1 is 1.00 bits per heavy atom. The summed E-state index contributed by atoms with van der Waals surface area (Å²) in [5, 5.41) is 1.04. The van der Waals surface area contributed by atoms with Crippen molar-refractivity contribution in [2.45, 2.75) is 45.8 Å². The fourth-order valence-corrected chi connectivity index (χ4v) is 4.71. The predicted octanol–water partition coefficient (Wildman–Crippen LogP) is 5.91. The molecule has 3 aromatic rings. The first kappa shape index (κ1) is 20.8. The van der Waals surface area contributed by atoms with Crippen molar-refractivity contribution in [1.29, 1.82) is 0 Å². The SMILES string of the molecule is CC(=O)OC1CN(C(C)c2ccc(-c3ncc(-c4ccc(C(C)C)cc4)s3)cc2)C1. The number of ether oxygens (including phenoxy) is 1. The molecule has 0 spiro atoms. The van der Waals surface area contributed by atoms with Crippen molar-refractivity contribution in [2.75, 3.05) is 13.1 Å². The van der Waals surface area contributed by atoms with E-state index in [1.165, 1.54) is 28.5 Å². The van der Waals surface area contributed by atoms with Gasteiger partial charge in [-0.05, 0) is 29.5 Å². The second-order valence-corrected chi connectivity index (χ2v) is 9.32. The van der Waals surface area contributed by atoms with Crippen molar-refractivity contribution in [2.24, 2.45) is 0 Å². The Bertz CT molecular complexity index is 1000. The van der Waals surface area contributed by atoms with Crippen LogP contribution in [0, 0.1) is 0 Å². The van der Waals surface area contributed by atoms with Crippen LogP contribution in [0.2, 0.25) is 0 Å². The van der Waals surface area contributed by atoms with E-state index in [0.717, 1.165) is 23.7 Å². The summed E-state index contributed by atoms with van der Waals surface area (Å²) in [6.07, 6.45) is 2.00. The first-order valence-electron chi connectivity index (χ1n) is 10.5. The molecule has 4 rings (SSSR count). The minimum atomic E-state index is -0.199. The summed E-state index contributed by atoms with van der Waals surface area (Å²) in [4.78, 5) is 19.2. The topological polar surface area (TPSA) is 42.4 Å². The van der Waals surface area contributed by atoms with Gasteiger partial charge >= 0.3 is 5.97 Å². The number of nitrogens with zero attached hydrogens (tertiary/aromatic N) is 2. The largest absolute Gasteiger partial charge is 0.460 e. The van der Waals surface area contributed by atoms with E-state index in [-0.39, 0.29) is 12.1 Å². The van der Waals surface area contributed by atoms with Gasteiger partial charge < -0.3 is 4.74 Å². The van der Waals surface area contributed by atoms with Gasteiger partial charge in [-0.25, -0.2) is 4.98 Å². The van der Waals surface area contributed by atoms with Crippen LogP contribution >= 0.6 is 11.3 Å². The van der Waals surface area contributed by atoms with Gasteiger partial charge in [-0.15, -0.1) is 11.3 Å². The van der Waals surface area contributed by atoms with Crippen molar-refractivity contribution < 1.29 is 9.53 Å². The Morgan fingerprint density at radius 3 is 2.20 bits per heavy atom. The summed E-state index contributed by atoms with van der Waals surface area (Å²) >= 11 is 1.73. The van der Waals surface area contributed by atoms with E-state index in [9.17, 15) is 4.79 Å². The molecule has 2 aromatic carbocycles. The molecule has 156 valence electrons. The minimum Gasteiger partial charge on any atom is -0.460 e. The fourth-order valence-electron chi connectivity index (χ4n) is 3.78. The highest BCUT2D eigenvalue weighted by molar-refractivity contribution is 7.18. The number of hydrogen-bond acceptors (Lipinski definition) is 5. The summed E-state index contributed by atoms with van der Waals surface area (Å²) in [7, 11) is 0. The minimum absolute atomic E-state index is 0.0348. The lowest BCUT2D eigenvalue weighted by molar-refractivity contribution is -0.156. The van der Waals surface area contributed by atoms with Gasteiger partial charge in [-0.2, -0.15) is 0 Å². The number of carbonyl (C=O) groups is 1. The van der Waals surface area contributed by atoms with E-state index in [4.69, 9.17) is 4.74 Å². The van der Waals surface area contributed by atoms with E-state index in [0.29, 0.717) is 12.0 Å². The van der Waals surface area contributed by atoms with Crippen LogP contribution in [0.4, 0.5) is 0 Å². The number of carbonyl (C=O) groups excluding carboxylic acids is 1. The molecule has 1 unspecified atom stereocenters. The lowest BCUT2D eigenvalue weighted by Gasteiger charge is -2.42. The van der Waals surface area contributed by atoms with Crippen molar-refractivity contribution >= 4 is 17.3 Å². The molecule has 1 fully saturated rings. The molecule has 4 nitrogen and oxygen atoms in total. The molecule has 30 heavy (non-hydrogen) atoms. The molecule has 1 saturated heterocycles. The third-order valence-corrected chi connectivity index (χ3v) is 6.86. The second kappa shape index (κ2) is 8.70.